The lowest BCUT2D eigenvalue weighted by Crippen LogP contribution is -2.08. The number of carbonyl (C=O) groups is 2. The van der Waals surface area contributed by atoms with E-state index in [0.717, 1.165) is 0 Å². The summed E-state index contributed by atoms with van der Waals surface area (Å²) in [6.45, 7) is 7.50. The molecule has 0 bridgehead atoms. The molecule has 0 aliphatic carbocycles. The first-order valence-corrected chi connectivity index (χ1v) is 5.68. The second-order valence-corrected chi connectivity index (χ2v) is 2.98. The summed E-state index contributed by atoms with van der Waals surface area (Å²) in [5.74, 6) is -0.555. The van der Waals surface area contributed by atoms with Crippen molar-refractivity contribution in [3.63, 3.8) is 0 Å². The summed E-state index contributed by atoms with van der Waals surface area (Å²) in [7, 11) is 0. The van der Waals surface area contributed by atoms with Crippen molar-refractivity contribution in [1.29, 1.82) is 0 Å². The maximum atomic E-state index is 11.3. The van der Waals surface area contributed by atoms with Gasteiger partial charge in [-0.1, -0.05) is 19.9 Å². The fourth-order valence-corrected chi connectivity index (χ4v) is 1.14. The van der Waals surface area contributed by atoms with Gasteiger partial charge in [0.2, 0.25) is 5.91 Å². The fourth-order valence-electron chi connectivity index (χ4n) is 1.14. The van der Waals surface area contributed by atoms with Gasteiger partial charge in [0, 0.05) is 12.6 Å². The lowest BCUT2D eigenvalue weighted by molar-refractivity contribution is -0.114. The average Bonchev–Trinajstić information content (AvgIpc) is 2.31. The predicted octanol–water partition coefficient (Wildman–Crippen LogP) is 2.85. The molecule has 94 valence electrons. The van der Waals surface area contributed by atoms with Crippen LogP contribution in [0.25, 0.3) is 0 Å². The molecule has 0 radical (unpaired) electrons. The highest BCUT2D eigenvalue weighted by Crippen LogP contribution is 2.11. The number of carbonyl (C=O) groups excluding carboxylic acids is 2. The molecule has 4 nitrogen and oxygen atoms in total. The van der Waals surface area contributed by atoms with Gasteiger partial charge in [-0.05, 0) is 25.1 Å². The highest BCUT2D eigenvalue weighted by Gasteiger charge is 2.06. The van der Waals surface area contributed by atoms with Crippen LogP contribution in [-0.2, 0) is 9.53 Å². The van der Waals surface area contributed by atoms with Crippen molar-refractivity contribution in [2.45, 2.75) is 27.7 Å². The molecule has 0 saturated heterocycles. The van der Waals surface area contributed by atoms with Crippen LogP contribution in [0, 0.1) is 0 Å². The molecule has 0 spiro atoms. The maximum Gasteiger partial charge on any atom is 0.338 e. The summed E-state index contributed by atoms with van der Waals surface area (Å²) in [6.07, 6.45) is 0. The Bertz CT molecular complexity index is 375. The third kappa shape index (κ3) is 5.70. The van der Waals surface area contributed by atoms with Crippen LogP contribution in [0.15, 0.2) is 24.3 Å². The van der Waals surface area contributed by atoms with Gasteiger partial charge in [-0.3, -0.25) is 4.79 Å². The van der Waals surface area contributed by atoms with E-state index in [0.29, 0.717) is 17.9 Å². The minimum Gasteiger partial charge on any atom is -0.462 e. The van der Waals surface area contributed by atoms with E-state index in [-0.39, 0.29) is 11.9 Å². The Kier molecular flexibility index (Phi) is 7.43. The topological polar surface area (TPSA) is 55.4 Å². The zero-order valence-electron chi connectivity index (χ0n) is 10.7. The summed E-state index contributed by atoms with van der Waals surface area (Å²) < 4.78 is 4.84. The smallest absolute Gasteiger partial charge is 0.338 e. The number of rotatable bonds is 3. The lowest BCUT2D eigenvalue weighted by Gasteiger charge is -2.05. The summed E-state index contributed by atoms with van der Waals surface area (Å²) in [4.78, 5) is 22.1. The third-order valence-electron chi connectivity index (χ3n) is 1.69. The van der Waals surface area contributed by atoms with Gasteiger partial charge in [0.05, 0.1) is 12.2 Å². The number of nitrogens with one attached hydrogen (secondary N) is 1. The molecule has 4 heteroatoms. The van der Waals surface area contributed by atoms with Crippen LogP contribution < -0.4 is 5.32 Å². The number of anilines is 1. The third-order valence-corrected chi connectivity index (χ3v) is 1.69. The Morgan fingerprint density at radius 3 is 2.47 bits per heavy atom. The van der Waals surface area contributed by atoms with E-state index in [1.54, 1.807) is 31.2 Å². The molecule has 1 aromatic rings. The molecule has 1 aromatic carbocycles. The van der Waals surface area contributed by atoms with Gasteiger partial charge in [-0.15, -0.1) is 0 Å². The molecule has 0 atom stereocenters. The van der Waals surface area contributed by atoms with Crippen LogP contribution >= 0.6 is 0 Å². The molecular formula is C13H19NO3. The molecule has 1 N–H and O–H groups in total. The largest absolute Gasteiger partial charge is 0.462 e. The lowest BCUT2D eigenvalue weighted by atomic mass is 10.2. The molecular weight excluding hydrogens is 218 g/mol. The van der Waals surface area contributed by atoms with E-state index in [1.165, 1.54) is 6.92 Å². The minimum absolute atomic E-state index is 0.170. The summed E-state index contributed by atoms with van der Waals surface area (Å²) in [5.41, 5.74) is 1.02. The number of hydrogen-bond donors (Lipinski definition) is 1. The van der Waals surface area contributed by atoms with E-state index in [4.69, 9.17) is 4.74 Å². The van der Waals surface area contributed by atoms with Crippen LogP contribution in [0.5, 0.6) is 0 Å². The number of esters is 1. The van der Waals surface area contributed by atoms with Crippen LogP contribution in [0.3, 0.4) is 0 Å². The second-order valence-electron chi connectivity index (χ2n) is 2.98. The van der Waals surface area contributed by atoms with E-state index in [2.05, 4.69) is 5.32 Å². The number of hydrogen-bond acceptors (Lipinski definition) is 3. The van der Waals surface area contributed by atoms with E-state index in [1.807, 2.05) is 13.8 Å². The van der Waals surface area contributed by atoms with Crippen molar-refractivity contribution >= 4 is 17.6 Å². The zero-order valence-corrected chi connectivity index (χ0v) is 10.7. The minimum atomic E-state index is -0.385. The SMILES string of the molecule is CC.CCOC(=O)c1cccc(NC(C)=O)c1. The molecule has 0 heterocycles. The van der Waals surface area contributed by atoms with E-state index >= 15 is 0 Å². The normalized spacial score (nSPS) is 8.71. The first-order valence-electron chi connectivity index (χ1n) is 5.68. The first kappa shape index (κ1) is 15.2. The standard InChI is InChI=1S/C11H13NO3.C2H6/c1-3-15-11(14)9-5-4-6-10(7-9)12-8(2)13;1-2/h4-7H,3H2,1-2H3,(H,12,13);1-2H3. The van der Waals surface area contributed by atoms with Crippen molar-refractivity contribution in [3.05, 3.63) is 29.8 Å². The van der Waals surface area contributed by atoms with Crippen LogP contribution in [0.2, 0.25) is 0 Å². The fraction of sp³-hybridized carbons (Fsp3) is 0.385. The number of amides is 1. The molecule has 0 fully saturated rings. The van der Waals surface area contributed by atoms with Crippen molar-refractivity contribution < 1.29 is 14.3 Å². The summed E-state index contributed by atoms with van der Waals surface area (Å²) in [5, 5.41) is 2.60. The predicted molar refractivity (Wildman–Crippen MR) is 68.1 cm³/mol. The second kappa shape index (κ2) is 8.33. The van der Waals surface area contributed by atoms with Gasteiger partial charge in [-0.2, -0.15) is 0 Å². The van der Waals surface area contributed by atoms with E-state index < -0.39 is 0 Å². The van der Waals surface area contributed by atoms with E-state index in [9.17, 15) is 9.59 Å². The van der Waals surface area contributed by atoms with Crippen LogP contribution in [-0.4, -0.2) is 18.5 Å². The number of ether oxygens (including phenoxy) is 1. The number of benzene rings is 1. The molecule has 0 unspecified atom stereocenters. The molecule has 0 saturated carbocycles. The summed E-state index contributed by atoms with van der Waals surface area (Å²) >= 11 is 0. The Labute approximate surface area is 102 Å². The van der Waals surface area contributed by atoms with Gasteiger partial charge in [0.1, 0.15) is 0 Å². The molecule has 1 amide bonds. The van der Waals surface area contributed by atoms with Gasteiger partial charge in [0.25, 0.3) is 0 Å². The Hall–Kier alpha value is -1.84. The molecule has 1 rings (SSSR count). The maximum absolute atomic E-state index is 11.3. The van der Waals surface area contributed by atoms with Crippen molar-refractivity contribution in [2.24, 2.45) is 0 Å². The highest BCUT2D eigenvalue weighted by atomic mass is 16.5. The molecule has 17 heavy (non-hydrogen) atoms. The van der Waals surface area contributed by atoms with Gasteiger partial charge in [0.15, 0.2) is 0 Å². The monoisotopic (exact) mass is 237 g/mol. The van der Waals surface area contributed by atoms with Gasteiger partial charge < -0.3 is 10.1 Å². The molecule has 0 aromatic heterocycles. The first-order chi connectivity index (χ1) is 8.13. The Morgan fingerprint density at radius 2 is 1.94 bits per heavy atom. The average molecular weight is 237 g/mol. The Balaban J connectivity index is 0.00000121. The zero-order chi connectivity index (χ0) is 13.3. The summed E-state index contributed by atoms with van der Waals surface area (Å²) in [6, 6.07) is 6.63. The van der Waals surface area contributed by atoms with Gasteiger partial charge in [-0.25, -0.2) is 4.79 Å². The van der Waals surface area contributed by atoms with Crippen LogP contribution in [0.1, 0.15) is 38.1 Å². The molecule has 0 aliphatic rings. The highest BCUT2D eigenvalue weighted by molar-refractivity contribution is 5.93. The van der Waals surface area contributed by atoms with Crippen LogP contribution in [0.4, 0.5) is 5.69 Å². The van der Waals surface area contributed by atoms with Gasteiger partial charge >= 0.3 is 5.97 Å². The Morgan fingerprint density at radius 1 is 1.29 bits per heavy atom. The quantitative estimate of drug-likeness (QED) is 0.822. The molecule has 0 aliphatic heterocycles. The van der Waals surface area contributed by atoms with Crippen molar-refractivity contribution in [3.8, 4) is 0 Å². The van der Waals surface area contributed by atoms with Crippen molar-refractivity contribution in [2.75, 3.05) is 11.9 Å². The van der Waals surface area contributed by atoms with Crippen molar-refractivity contribution in [1.82, 2.24) is 0 Å².